The molecule has 78 valence electrons. The Morgan fingerprint density at radius 3 is 2.73 bits per heavy atom. The van der Waals surface area contributed by atoms with Gasteiger partial charge in [0.25, 0.3) is 0 Å². The summed E-state index contributed by atoms with van der Waals surface area (Å²) < 4.78 is 3.13. The van der Waals surface area contributed by atoms with Gasteiger partial charge >= 0.3 is 0 Å². The third-order valence-electron chi connectivity index (χ3n) is 2.35. The highest BCUT2D eigenvalue weighted by Crippen LogP contribution is 2.28. The lowest BCUT2D eigenvalue weighted by Gasteiger charge is -2.06. The standard InChI is InChI=1S/C12H13BrN2/c1-3-15-12(8-9(2)14-15)10-6-4-5-7-11(10)13/h4-8H,3H2,1-2H3. The number of halogens is 1. The van der Waals surface area contributed by atoms with Crippen molar-refractivity contribution in [2.75, 3.05) is 0 Å². The van der Waals surface area contributed by atoms with Gasteiger partial charge in [-0.1, -0.05) is 34.1 Å². The number of nitrogens with zero attached hydrogens (tertiary/aromatic N) is 2. The maximum atomic E-state index is 4.44. The van der Waals surface area contributed by atoms with E-state index < -0.39 is 0 Å². The molecule has 0 saturated carbocycles. The quantitative estimate of drug-likeness (QED) is 0.810. The minimum atomic E-state index is 0.893. The van der Waals surface area contributed by atoms with Gasteiger partial charge in [0.15, 0.2) is 0 Å². The van der Waals surface area contributed by atoms with Gasteiger partial charge in [0.1, 0.15) is 0 Å². The molecule has 2 nitrogen and oxygen atoms in total. The fraction of sp³-hybridized carbons (Fsp3) is 0.250. The van der Waals surface area contributed by atoms with E-state index in [2.05, 4.69) is 46.2 Å². The van der Waals surface area contributed by atoms with Gasteiger partial charge in [0.2, 0.25) is 0 Å². The Balaban J connectivity index is 2.58. The molecule has 0 saturated heterocycles. The highest BCUT2D eigenvalue weighted by atomic mass is 79.9. The highest BCUT2D eigenvalue weighted by molar-refractivity contribution is 9.10. The van der Waals surface area contributed by atoms with E-state index in [1.54, 1.807) is 0 Å². The SMILES string of the molecule is CCn1nc(C)cc1-c1ccccc1Br. The molecule has 0 atom stereocenters. The Labute approximate surface area is 98.1 Å². The molecule has 15 heavy (non-hydrogen) atoms. The molecule has 0 aliphatic rings. The lowest BCUT2D eigenvalue weighted by atomic mass is 10.1. The average Bonchev–Trinajstić information content (AvgIpc) is 2.60. The maximum absolute atomic E-state index is 4.44. The predicted molar refractivity (Wildman–Crippen MR) is 65.8 cm³/mol. The number of aromatic nitrogens is 2. The summed E-state index contributed by atoms with van der Waals surface area (Å²) in [6.45, 7) is 5.02. The van der Waals surface area contributed by atoms with E-state index in [4.69, 9.17) is 0 Å². The number of hydrogen-bond donors (Lipinski definition) is 0. The second-order valence-electron chi connectivity index (χ2n) is 3.47. The van der Waals surface area contributed by atoms with Gasteiger partial charge in [0, 0.05) is 16.6 Å². The van der Waals surface area contributed by atoms with Gasteiger partial charge in [-0.05, 0) is 26.0 Å². The lowest BCUT2D eigenvalue weighted by Crippen LogP contribution is -1.99. The van der Waals surface area contributed by atoms with Crippen LogP contribution in [0, 0.1) is 6.92 Å². The van der Waals surface area contributed by atoms with E-state index in [9.17, 15) is 0 Å². The Bertz CT molecular complexity index is 474. The first-order chi connectivity index (χ1) is 7.22. The molecule has 0 fully saturated rings. The Morgan fingerprint density at radius 2 is 2.07 bits per heavy atom. The number of benzene rings is 1. The van der Waals surface area contributed by atoms with Gasteiger partial charge in [-0.2, -0.15) is 5.10 Å². The van der Waals surface area contributed by atoms with Gasteiger partial charge in [-0.3, -0.25) is 4.68 Å². The molecule has 2 rings (SSSR count). The fourth-order valence-electron chi connectivity index (χ4n) is 1.67. The summed E-state index contributed by atoms with van der Waals surface area (Å²) in [5.74, 6) is 0. The summed E-state index contributed by atoms with van der Waals surface area (Å²) in [6.07, 6.45) is 0. The summed E-state index contributed by atoms with van der Waals surface area (Å²) in [4.78, 5) is 0. The van der Waals surface area contributed by atoms with E-state index in [0.717, 1.165) is 16.7 Å². The van der Waals surface area contributed by atoms with Crippen LogP contribution in [0.5, 0.6) is 0 Å². The third-order valence-corrected chi connectivity index (χ3v) is 3.04. The second kappa shape index (κ2) is 4.19. The van der Waals surface area contributed by atoms with Crippen molar-refractivity contribution >= 4 is 15.9 Å². The van der Waals surface area contributed by atoms with Crippen molar-refractivity contribution in [3.8, 4) is 11.3 Å². The average molecular weight is 265 g/mol. The summed E-state index contributed by atoms with van der Waals surface area (Å²) in [5.41, 5.74) is 3.42. The minimum absolute atomic E-state index is 0.893. The van der Waals surface area contributed by atoms with Crippen molar-refractivity contribution in [3.63, 3.8) is 0 Å². The van der Waals surface area contributed by atoms with Crippen molar-refractivity contribution in [2.45, 2.75) is 20.4 Å². The topological polar surface area (TPSA) is 17.8 Å². The molecule has 0 amide bonds. The molecule has 1 aromatic carbocycles. The van der Waals surface area contributed by atoms with Gasteiger partial charge < -0.3 is 0 Å². The van der Waals surface area contributed by atoms with E-state index in [0.29, 0.717) is 0 Å². The maximum Gasteiger partial charge on any atom is 0.0696 e. The molecule has 3 heteroatoms. The molecular formula is C12H13BrN2. The Kier molecular flexibility index (Phi) is 2.91. The molecule has 1 heterocycles. The third kappa shape index (κ3) is 1.97. The molecule has 0 N–H and O–H groups in total. The molecule has 1 aromatic heterocycles. The summed E-state index contributed by atoms with van der Waals surface area (Å²) in [6, 6.07) is 10.3. The van der Waals surface area contributed by atoms with Crippen LogP contribution in [0.15, 0.2) is 34.8 Å². The van der Waals surface area contributed by atoms with E-state index in [1.807, 2.05) is 23.7 Å². The first-order valence-corrected chi connectivity index (χ1v) is 5.81. The number of hydrogen-bond acceptors (Lipinski definition) is 1. The highest BCUT2D eigenvalue weighted by Gasteiger charge is 2.08. The molecule has 0 aliphatic carbocycles. The van der Waals surface area contributed by atoms with E-state index in [-0.39, 0.29) is 0 Å². The lowest BCUT2D eigenvalue weighted by molar-refractivity contribution is 0.660. The number of rotatable bonds is 2. The smallest absolute Gasteiger partial charge is 0.0696 e. The molecule has 2 aromatic rings. The zero-order valence-corrected chi connectivity index (χ0v) is 10.5. The van der Waals surface area contributed by atoms with Crippen LogP contribution in [0.25, 0.3) is 11.3 Å². The van der Waals surface area contributed by atoms with Crippen LogP contribution in [0.4, 0.5) is 0 Å². The molecule has 0 aliphatic heterocycles. The first kappa shape index (κ1) is 10.4. The van der Waals surface area contributed by atoms with Crippen LogP contribution in [0.3, 0.4) is 0 Å². The van der Waals surface area contributed by atoms with Crippen molar-refractivity contribution in [1.82, 2.24) is 9.78 Å². The Hall–Kier alpha value is -1.09. The zero-order chi connectivity index (χ0) is 10.8. The monoisotopic (exact) mass is 264 g/mol. The van der Waals surface area contributed by atoms with E-state index in [1.165, 1.54) is 11.3 Å². The summed E-state index contributed by atoms with van der Waals surface area (Å²) in [5, 5.41) is 4.44. The molecule has 0 bridgehead atoms. The van der Waals surface area contributed by atoms with Crippen molar-refractivity contribution in [2.24, 2.45) is 0 Å². The predicted octanol–water partition coefficient (Wildman–Crippen LogP) is 3.64. The van der Waals surface area contributed by atoms with E-state index >= 15 is 0 Å². The minimum Gasteiger partial charge on any atom is -0.265 e. The summed E-state index contributed by atoms with van der Waals surface area (Å²) in [7, 11) is 0. The van der Waals surface area contributed by atoms with Crippen LogP contribution in [-0.4, -0.2) is 9.78 Å². The van der Waals surface area contributed by atoms with Crippen LogP contribution in [-0.2, 0) is 6.54 Å². The molecule has 0 spiro atoms. The Morgan fingerprint density at radius 1 is 1.33 bits per heavy atom. The van der Waals surface area contributed by atoms with Crippen LogP contribution < -0.4 is 0 Å². The number of aryl methyl sites for hydroxylation is 2. The molecule has 0 radical (unpaired) electrons. The van der Waals surface area contributed by atoms with Crippen molar-refractivity contribution < 1.29 is 0 Å². The fourth-order valence-corrected chi connectivity index (χ4v) is 2.16. The van der Waals surface area contributed by atoms with Crippen LogP contribution in [0.1, 0.15) is 12.6 Å². The molecule has 0 unspecified atom stereocenters. The summed E-state index contributed by atoms with van der Waals surface area (Å²) >= 11 is 3.56. The van der Waals surface area contributed by atoms with Gasteiger partial charge in [0.05, 0.1) is 11.4 Å². The largest absolute Gasteiger partial charge is 0.265 e. The normalized spacial score (nSPS) is 10.6. The van der Waals surface area contributed by atoms with Gasteiger partial charge in [-0.25, -0.2) is 0 Å². The van der Waals surface area contributed by atoms with Crippen molar-refractivity contribution in [1.29, 1.82) is 0 Å². The van der Waals surface area contributed by atoms with Crippen molar-refractivity contribution in [3.05, 3.63) is 40.5 Å². The van der Waals surface area contributed by atoms with Crippen LogP contribution in [0.2, 0.25) is 0 Å². The first-order valence-electron chi connectivity index (χ1n) is 5.01. The second-order valence-corrected chi connectivity index (χ2v) is 4.32. The van der Waals surface area contributed by atoms with Crippen LogP contribution >= 0.6 is 15.9 Å². The van der Waals surface area contributed by atoms with Gasteiger partial charge in [-0.15, -0.1) is 0 Å². The zero-order valence-electron chi connectivity index (χ0n) is 8.87. The molecular weight excluding hydrogens is 252 g/mol.